The topological polar surface area (TPSA) is 96.8 Å². The Hall–Kier alpha value is -3.81. The maximum atomic E-state index is 13.2. The van der Waals surface area contributed by atoms with E-state index in [9.17, 15) is 9.59 Å². The molecular weight excluding hydrogens is 380 g/mol. The van der Waals surface area contributed by atoms with Crippen LogP contribution in [-0.4, -0.2) is 42.6 Å². The number of hydrogen-bond acceptors (Lipinski definition) is 5. The molecule has 0 spiro atoms. The highest BCUT2D eigenvalue weighted by molar-refractivity contribution is 5.95. The molecule has 4 aromatic rings. The van der Waals surface area contributed by atoms with Crippen molar-refractivity contribution < 1.29 is 4.79 Å². The van der Waals surface area contributed by atoms with Gasteiger partial charge in [0.05, 0.1) is 34.9 Å². The summed E-state index contributed by atoms with van der Waals surface area (Å²) in [6, 6.07) is 12.7. The van der Waals surface area contributed by atoms with Crippen LogP contribution in [0.2, 0.25) is 0 Å². The van der Waals surface area contributed by atoms with Crippen LogP contribution in [0.25, 0.3) is 16.7 Å². The monoisotopic (exact) mass is 402 g/mol. The first-order valence-corrected chi connectivity index (χ1v) is 9.68. The molecule has 0 fully saturated rings. The number of nitrogens with zero attached hydrogens (tertiary/aromatic N) is 5. The molecule has 152 valence electrons. The molecule has 4 rings (SSSR count). The minimum absolute atomic E-state index is 0.0560. The van der Waals surface area contributed by atoms with E-state index in [1.165, 1.54) is 4.90 Å². The SMILES string of the molecule is CC(C)c1c(C(=O)N(C)Cc2nc3ccccc3c(=O)[nH]2)cnn1-c1ccccn1. The van der Waals surface area contributed by atoms with E-state index in [0.29, 0.717) is 28.1 Å². The molecule has 0 aliphatic rings. The Morgan fingerprint density at radius 1 is 1.17 bits per heavy atom. The molecule has 8 heteroatoms. The summed E-state index contributed by atoms with van der Waals surface area (Å²) in [5.74, 6) is 0.943. The third-order valence-electron chi connectivity index (χ3n) is 4.85. The predicted molar refractivity (Wildman–Crippen MR) is 114 cm³/mol. The minimum Gasteiger partial charge on any atom is -0.334 e. The van der Waals surface area contributed by atoms with E-state index in [0.717, 1.165) is 5.69 Å². The van der Waals surface area contributed by atoms with Gasteiger partial charge in [-0.3, -0.25) is 9.59 Å². The Morgan fingerprint density at radius 3 is 2.67 bits per heavy atom. The number of H-pyrrole nitrogens is 1. The van der Waals surface area contributed by atoms with Gasteiger partial charge in [-0.2, -0.15) is 5.10 Å². The zero-order valence-corrected chi connectivity index (χ0v) is 17.0. The number of para-hydroxylation sites is 1. The fourth-order valence-electron chi connectivity index (χ4n) is 3.45. The third-order valence-corrected chi connectivity index (χ3v) is 4.85. The molecule has 30 heavy (non-hydrogen) atoms. The molecule has 8 nitrogen and oxygen atoms in total. The van der Waals surface area contributed by atoms with Crippen LogP contribution in [0.5, 0.6) is 0 Å². The fourth-order valence-corrected chi connectivity index (χ4v) is 3.45. The van der Waals surface area contributed by atoms with Crippen molar-refractivity contribution >= 4 is 16.8 Å². The molecule has 0 atom stereocenters. The van der Waals surface area contributed by atoms with Gasteiger partial charge in [0.25, 0.3) is 11.5 Å². The number of carbonyl (C=O) groups excluding carboxylic acids is 1. The van der Waals surface area contributed by atoms with Gasteiger partial charge in [-0.15, -0.1) is 0 Å². The highest BCUT2D eigenvalue weighted by Gasteiger charge is 2.24. The molecule has 0 unspecified atom stereocenters. The lowest BCUT2D eigenvalue weighted by Crippen LogP contribution is -2.29. The van der Waals surface area contributed by atoms with E-state index in [1.807, 2.05) is 38.1 Å². The van der Waals surface area contributed by atoms with Gasteiger partial charge in [-0.1, -0.05) is 32.0 Å². The molecular formula is C22H22N6O2. The molecule has 3 heterocycles. The van der Waals surface area contributed by atoms with Crippen LogP contribution in [0.3, 0.4) is 0 Å². The number of fused-ring (bicyclic) bond motifs is 1. The van der Waals surface area contributed by atoms with Gasteiger partial charge in [0, 0.05) is 13.2 Å². The maximum Gasteiger partial charge on any atom is 0.258 e. The Bertz CT molecular complexity index is 1260. The summed E-state index contributed by atoms with van der Waals surface area (Å²) in [4.78, 5) is 38.6. The third kappa shape index (κ3) is 3.59. The van der Waals surface area contributed by atoms with Gasteiger partial charge in [-0.25, -0.2) is 14.6 Å². The average molecular weight is 402 g/mol. The average Bonchev–Trinajstić information content (AvgIpc) is 3.19. The van der Waals surface area contributed by atoms with Crippen molar-refractivity contribution in [2.24, 2.45) is 0 Å². The number of aromatic nitrogens is 5. The standard InChI is InChI=1S/C22H22N6O2/c1-14(2)20-16(12-24-28(20)19-10-6-7-11-23-19)22(30)27(3)13-18-25-17-9-5-4-8-15(17)21(29)26-18/h4-12,14H,13H2,1-3H3,(H,25,26,29). The molecule has 0 radical (unpaired) electrons. The summed E-state index contributed by atoms with van der Waals surface area (Å²) >= 11 is 0. The first-order chi connectivity index (χ1) is 14.5. The van der Waals surface area contributed by atoms with Crippen molar-refractivity contribution in [1.29, 1.82) is 0 Å². The van der Waals surface area contributed by atoms with Gasteiger partial charge in [0.15, 0.2) is 5.82 Å². The zero-order valence-electron chi connectivity index (χ0n) is 17.0. The second-order valence-corrected chi connectivity index (χ2v) is 7.39. The highest BCUT2D eigenvalue weighted by Crippen LogP contribution is 2.23. The van der Waals surface area contributed by atoms with Crippen LogP contribution >= 0.6 is 0 Å². The van der Waals surface area contributed by atoms with Crippen LogP contribution < -0.4 is 5.56 Å². The first kappa shape index (κ1) is 19.5. The van der Waals surface area contributed by atoms with Crippen molar-refractivity contribution in [3.63, 3.8) is 0 Å². The van der Waals surface area contributed by atoms with Crippen molar-refractivity contribution in [1.82, 2.24) is 29.6 Å². The van der Waals surface area contributed by atoms with Crippen molar-refractivity contribution in [3.05, 3.63) is 82.3 Å². The molecule has 0 bridgehead atoms. The van der Waals surface area contributed by atoms with Crippen LogP contribution in [0, 0.1) is 0 Å². The number of nitrogens with one attached hydrogen (secondary N) is 1. The lowest BCUT2D eigenvalue weighted by Gasteiger charge is -2.18. The fraction of sp³-hybridized carbons (Fsp3) is 0.227. The number of hydrogen-bond donors (Lipinski definition) is 1. The minimum atomic E-state index is -0.220. The summed E-state index contributed by atoms with van der Waals surface area (Å²) in [5, 5.41) is 4.93. The van der Waals surface area contributed by atoms with Crippen molar-refractivity contribution in [3.8, 4) is 5.82 Å². The highest BCUT2D eigenvalue weighted by atomic mass is 16.2. The lowest BCUT2D eigenvalue weighted by molar-refractivity contribution is 0.0780. The number of rotatable bonds is 5. The van der Waals surface area contributed by atoms with Gasteiger partial charge >= 0.3 is 0 Å². The summed E-state index contributed by atoms with van der Waals surface area (Å²) in [6.07, 6.45) is 3.26. The number of benzene rings is 1. The summed E-state index contributed by atoms with van der Waals surface area (Å²) in [7, 11) is 1.68. The Labute approximate surface area is 173 Å². The molecule has 0 aliphatic heterocycles. The summed E-state index contributed by atoms with van der Waals surface area (Å²) in [6.45, 7) is 4.19. The Kier molecular flexibility index (Phi) is 5.14. The van der Waals surface area contributed by atoms with Crippen LogP contribution in [-0.2, 0) is 6.54 Å². The first-order valence-electron chi connectivity index (χ1n) is 9.68. The largest absolute Gasteiger partial charge is 0.334 e. The van der Waals surface area contributed by atoms with E-state index >= 15 is 0 Å². The second-order valence-electron chi connectivity index (χ2n) is 7.39. The predicted octanol–water partition coefficient (Wildman–Crippen LogP) is 2.90. The van der Waals surface area contributed by atoms with E-state index in [4.69, 9.17) is 0 Å². The molecule has 3 aromatic heterocycles. The van der Waals surface area contributed by atoms with E-state index in [-0.39, 0.29) is 23.9 Å². The van der Waals surface area contributed by atoms with Gasteiger partial charge < -0.3 is 9.88 Å². The normalized spacial score (nSPS) is 11.2. The maximum absolute atomic E-state index is 13.2. The van der Waals surface area contributed by atoms with E-state index < -0.39 is 0 Å². The van der Waals surface area contributed by atoms with E-state index in [2.05, 4.69) is 20.1 Å². The van der Waals surface area contributed by atoms with Gasteiger partial charge in [0.2, 0.25) is 0 Å². The van der Waals surface area contributed by atoms with Crippen LogP contribution in [0.4, 0.5) is 0 Å². The van der Waals surface area contributed by atoms with Crippen LogP contribution in [0.1, 0.15) is 41.6 Å². The molecule has 1 aromatic carbocycles. The van der Waals surface area contributed by atoms with Gasteiger partial charge in [-0.05, 0) is 30.2 Å². The Morgan fingerprint density at radius 2 is 1.93 bits per heavy atom. The van der Waals surface area contributed by atoms with E-state index in [1.54, 1.807) is 42.3 Å². The zero-order chi connectivity index (χ0) is 21.3. The van der Waals surface area contributed by atoms with Gasteiger partial charge in [0.1, 0.15) is 5.82 Å². The van der Waals surface area contributed by atoms with Crippen LogP contribution in [0.15, 0.2) is 59.7 Å². The van der Waals surface area contributed by atoms with Crippen molar-refractivity contribution in [2.75, 3.05) is 7.05 Å². The number of amides is 1. The molecule has 1 N–H and O–H groups in total. The molecule has 1 amide bonds. The molecule has 0 aliphatic carbocycles. The molecule has 0 saturated heterocycles. The molecule has 0 saturated carbocycles. The summed E-state index contributed by atoms with van der Waals surface area (Å²) < 4.78 is 1.70. The number of aromatic amines is 1. The Balaban J connectivity index is 1.65. The lowest BCUT2D eigenvalue weighted by atomic mass is 10.0. The second kappa shape index (κ2) is 7.90. The smallest absolute Gasteiger partial charge is 0.258 e. The quantitative estimate of drug-likeness (QED) is 0.554. The van der Waals surface area contributed by atoms with Crippen molar-refractivity contribution in [2.45, 2.75) is 26.3 Å². The summed E-state index contributed by atoms with van der Waals surface area (Å²) in [5.41, 5.74) is 1.66. The number of pyridine rings is 1. The number of carbonyl (C=O) groups is 1.